The molecule has 3 atom stereocenters. The number of piperidine rings is 3. The van der Waals surface area contributed by atoms with Crippen LogP contribution in [-0.4, -0.2) is 111 Å². The quantitative estimate of drug-likeness (QED) is 0.162. The first kappa shape index (κ1) is 41.4. The fourth-order valence-electron chi connectivity index (χ4n) is 11.2. The van der Waals surface area contributed by atoms with Gasteiger partial charge in [-0.25, -0.2) is 17.6 Å². The Hall–Kier alpha value is -5.61. The number of likely N-dealkylation sites (tertiary alicyclic amines) is 1. The lowest BCUT2D eigenvalue weighted by molar-refractivity contribution is -0.136. The number of imide groups is 2. The van der Waals surface area contributed by atoms with Crippen molar-refractivity contribution in [2.24, 2.45) is 5.92 Å². The zero-order valence-corrected chi connectivity index (χ0v) is 35.0. The van der Waals surface area contributed by atoms with Crippen LogP contribution < -0.4 is 10.2 Å². The number of H-pyrrole nitrogens is 1. The van der Waals surface area contributed by atoms with E-state index in [1.165, 1.54) is 17.0 Å². The average Bonchev–Trinajstić information content (AvgIpc) is 3.92. The summed E-state index contributed by atoms with van der Waals surface area (Å²) in [5.74, 6) is -3.49. The fraction of sp³-hybridized carbons (Fsp3) is 0.468. The highest BCUT2D eigenvalue weighted by Gasteiger charge is 2.46. The van der Waals surface area contributed by atoms with E-state index in [1.807, 2.05) is 36.1 Å². The van der Waals surface area contributed by atoms with Crippen molar-refractivity contribution in [2.75, 3.05) is 37.6 Å². The molecule has 4 aromatic rings. The number of aromatic nitrogens is 1. The number of nitrogens with one attached hydrogen (secondary N) is 2. The van der Waals surface area contributed by atoms with Gasteiger partial charge >= 0.3 is 0 Å². The van der Waals surface area contributed by atoms with Crippen LogP contribution in [0.15, 0.2) is 48.5 Å². The molecule has 6 aliphatic heterocycles. The normalized spacial score (nSPS) is 23.8. The van der Waals surface area contributed by atoms with Gasteiger partial charge in [-0.15, -0.1) is 0 Å². The summed E-state index contributed by atoms with van der Waals surface area (Å²) >= 11 is 0. The molecule has 330 valence electrons. The summed E-state index contributed by atoms with van der Waals surface area (Å²) in [5, 5.41) is 3.14. The molecular formula is C47H49F4N7O5. The van der Waals surface area contributed by atoms with E-state index in [9.17, 15) is 32.8 Å². The van der Waals surface area contributed by atoms with Crippen molar-refractivity contribution < 1.29 is 41.5 Å². The number of rotatable bonds is 8. The maximum atomic E-state index is 16.3. The minimum atomic E-state index is -2.67. The monoisotopic (exact) mass is 867 g/mol. The van der Waals surface area contributed by atoms with Crippen LogP contribution in [-0.2, 0) is 33.9 Å². The number of nitrogens with zero attached hydrogens (tertiary/aromatic N) is 5. The summed E-state index contributed by atoms with van der Waals surface area (Å²) in [4.78, 5) is 76.3. The molecule has 0 saturated carbocycles. The molecule has 0 radical (unpaired) electrons. The molecule has 7 heterocycles. The topological polar surface area (TPSA) is 129 Å². The molecule has 16 heteroatoms. The number of hydrogen-bond donors (Lipinski definition) is 2. The van der Waals surface area contributed by atoms with Gasteiger partial charge in [-0.1, -0.05) is 18.2 Å². The Morgan fingerprint density at radius 2 is 1.49 bits per heavy atom. The summed E-state index contributed by atoms with van der Waals surface area (Å²) in [6.45, 7) is 4.78. The Morgan fingerprint density at radius 1 is 0.841 bits per heavy atom. The number of aromatic amines is 1. The number of halogens is 4. The highest BCUT2D eigenvalue weighted by Crippen LogP contribution is 2.44. The molecule has 0 bridgehead atoms. The van der Waals surface area contributed by atoms with Gasteiger partial charge in [-0.3, -0.25) is 39.1 Å². The number of anilines is 1. The van der Waals surface area contributed by atoms with Crippen molar-refractivity contribution in [3.63, 3.8) is 0 Å². The number of alkyl halides is 2. The molecule has 0 aliphatic carbocycles. The number of hydrogen-bond acceptors (Lipinski definition) is 8. The largest absolute Gasteiger partial charge is 0.371 e. The van der Waals surface area contributed by atoms with Gasteiger partial charge in [0.15, 0.2) is 0 Å². The first-order valence-corrected chi connectivity index (χ1v) is 22.1. The van der Waals surface area contributed by atoms with Crippen LogP contribution in [0.2, 0.25) is 0 Å². The highest BCUT2D eigenvalue weighted by atomic mass is 19.3. The van der Waals surface area contributed by atoms with Gasteiger partial charge in [0, 0.05) is 79.0 Å². The number of carbonyl (C=O) groups excluding carboxylic acids is 5. The third-order valence-electron chi connectivity index (χ3n) is 14.5. The predicted octanol–water partition coefficient (Wildman–Crippen LogP) is 6.06. The molecule has 6 aliphatic rings. The van der Waals surface area contributed by atoms with Crippen LogP contribution in [0.4, 0.5) is 23.2 Å². The standard InChI is InChI=1S/C47H49F4N7O5/c1-25-16-32-31-4-2-3-5-37(31)52-43(32)44(57(25)24-39(50)51)42-35(48)20-30(21-36(42)49)55-14-10-29(11-15-55)54-12-8-26(9-13-54)17-41(60)56-22-27-18-33-34(19-28(27)23-56)47(63)58(46(33)62)38-6-7-40(59)53-45(38)61/h2-5,18-21,25-26,29,38-39,44,52H,6-17,22-24H2,1H3,(H,53,59,61)/t25-,38?,44-/m1/s1. The second-order valence-corrected chi connectivity index (χ2v) is 18.2. The Kier molecular flexibility index (Phi) is 10.6. The van der Waals surface area contributed by atoms with Crippen molar-refractivity contribution in [2.45, 2.75) is 102 Å². The van der Waals surface area contributed by atoms with Gasteiger partial charge in [0.1, 0.15) is 17.7 Å². The van der Waals surface area contributed by atoms with Gasteiger partial charge in [0.05, 0.1) is 23.7 Å². The van der Waals surface area contributed by atoms with Crippen LogP contribution in [0.1, 0.15) is 107 Å². The smallest absolute Gasteiger partial charge is 0.262 e. The highest BCUT2D eigenvalue weighted by molar-refractivity contribution is 6.23. The van der Waals surface area contributed by atoms with E-state index in [4.69, 9.17) is 0 Å². The van der Waals surface area contributed by atoms with E-state index in [-0.39, 0.29) is 47.4 Å². The van der Waals surface area contributed by atoms with E-state index in [1.54, 1.807) is 17.0 Å². The van der Waals surface area contributed by atoms with Crippen molar-refractivity contribution in [1.82, 2.24) is 29.9 Å². The van der Waals surface area contributed by atoms with Crippen molar-refractivity contribution in [3.05, 3.63) is 99.2 Å². The Morgan fingerprint density at radius 3 is 2.13 bits per heavy atom. The summed E-state index contributed by atoms with van der Waals surface area (Å²) in [7, 11) is 0. The SMILES string of the molecule is C[C@@H]1Cc2c([nH]c3ccccc23)[C@@H](c2c(F)cc(N3CCC(N4CCC(CC(=O)N5Cc6cc7c(cc6C5)C(=O)N(C5CCC(=O)NC5=O)C7=O)CC4)CC3)cc2F)N1CC(F)F. The van der Waals surface area contributed by atoms with Gasteiger partial charge < -0.3 is 19.7 Å². The summed E-state index contributed by atoms with van der Waals surface area (Å²) in [6.07, 6.45) is 1.67. The molecule has 3 fully saturated rings. The van der Waals surface area contributed by atoms with Crippen LogP contribution in [0.25, 0.3) is 10.9 Å². The number of amides is 5. The minimum absolute atomic E-state index is 0.0212. The first-order valence-electron chi connectivity index (χ1n) is 22.1. The average molecular weight is 868 g/mol. The fourth-order valence-corrected chi connectivity index (χ4v) is 11.2. The second-order valence-electron chi connectivity index (χ2n) is 18.2. The number of para-hydroxylation sites is 1. The lowest BCUT2D eigenvalue weighted by Crippen LogP contribution is -2.54. The molecule has 63 heavy (non-hydrogen) atoms. The summed E-state index contributed by atoms with van der Waals surface area (Å²) in [5.41, 5.74) is 4.50. The Balaban J connectivity index is 0.734. The predicted molar refractivity (Wildman–Crippen MR) is 224 cm³/mol. The van der Waals surface area contributed by atoms with E-state index >= 15 is 8.78 Å². The van der Waals surface area contributed by atoms with Crippen molar-refractivity contribution in [1.29, 1.82) is 0 Å². The minimum Gasteiger partial charge on any atom is -0.371 e. The van der Waals surface area contributed by atoms with Crippen LogP contribution in [0.3, 0.4) is 0 Å². The zero-order chi connectivity index (χ0) is 43.8. The number of carbonyl (C=O) groups is 5. The summed E-state index contributed by atoms with van der Waals surface area (Å²) < 4.78 is 60.4. The van der Waals surface area contributed by atoms with E-state index in [2.05, 4.69) is 15.2 Å². The van der Waals surface area contributed by atoms with Gasteiger partial charge in [-0.05, 0) is 111 Å². The molecular weight excluding hydrogens is 819 g/mol. The molecule has 1 unspecified atom stereocenters. The lowest BCUT2D eigenvalue weighted by Gasteiger charge is -2.43. The molecule has 2 N–H and O–H groups in total. The van der Waals surface area contributed by atoms with Gasteiger partial charge in [0.2, 0.25) is 17.7 Å². The molecule has 10 rings (SSSR count). The lowest BCUT2D eigenvalue weighted by atomic mass is 9.88. The van der Waals surface area contributed by atoms with Crippen molar-refractivity contribution >= 4 is 46.1 Å². The molecule has 3 saturated heterocycles. The second kappa shape index (κ2) is 16.2. The van der Waals surface area contributed by atoms with Crippen LogP contribution in [0, 0.1) is 17.6 Å². The maximum Gasteiger partial charge on any atom is 0.262 e. The third-order valence-corrected chi connectivity index (χ3v) is 14.5. The maximum absolute atomic E-state index is 16.3. The van der Waals surface area contributed by atoms with E-state index < -0.39 is 60.3 Å². The van der Waals surface area contributed by atoms with Crippen LogP contribution >= 0.6 is 0 Å². The number of benzene rings is 3. The molecule has 5 amide bonds. The molecule has 3 aromatic carbocycles. The van der Waals surface area contributed by atoms with Gasteiger partial charge in [0.25, 0.3) is 18.2 Å². The molecule has 1 aromatic heterocycles. The Bertz CT molecular complexity index is 2480. The van der Waals surface area contributed by atoms with Gasteiger partial charge in [-0.2, -0.15) is 0 Å². The van der Waals surface area contributed by atoms with Crippen molar-refractivity contribution in [3.8, 4) is 0 Å². The van der Waals surface area contributed by atoms with E-state index in [0.29, 0.717) is 56.4 Å². The molecule has 12 nitrogen and oxygen atoms in total. The third kappa shape index (κ3) is 7.38. The Labute approximate surface area is 361 Å². The van der Waals surface area contributed by atoms with Crippen LogP contribution in [0.5, 0.6) is 0 Å². The molecule has 0 spiro atoms. The van der Waals surface area contributed by atoms with E-state index in [0.717, 1.165) is 71.3 Å². The number of fused-ring (bicyclic) bond motifs is 5. The first-order chi connectivity index (χ1) is 30.3. The zero-order valence-electron chi connectivity index (χ0n) is 35.0. The summed E-state index contributed by atoms with van der Waals surface area (Å²) in [6, 6.07) is 11.5.